The van der Waals surface area contributed by atoms with Gasteiger partial charge in [-0.1, -0.05) is 60.3 Å². The normalized spacial score (nSPS) is 11.0. The van der Waals surface area contributed by atoms with E-state index in [1.807, 2.05) is 78.2 Å². The Morgan fingerprint density at radius 2 is 1.83 bits per heavy atom. The Hall–Kier alpha value is -3.12. The molecule has 1 heterocycles. The molecule has 6 heteroatoms. The summed E-state index contributed by atoms with van der Waals surface area (Å²) in [5.41, 5.74) is 1.65. The molecular formula is C23H21N3O2S. The first-order valence-electron chi connectivity index (χ1n) is 9.42. The van der Waals surface area contributed by atoms with E-state index in [4.69, 9.17) is 4.74 Å². The first-order valence-corrected chi connectivity index (χ1v) is 10.4. The minimum atomic E-state index is 0.0781. The van der Waals surface area contributed by atoms with Gasteiger partial charge in [0, 0.05) is 17.7 Å². The molecule has 0 bridgehead atoms. The van der Waals surface area contributed by atoms with Crippen LogP contribution in [0.5, 0.6) is 5.75 Å². The summed E-state index contributed by atoms with van der Waals surface area (Å²) in [6, 6.07) is 21.6. The summed E-state index contributed by atoms with van der Waals surface area (Å²) in [4.78, 5) is 12.7. The van der Waals surface area contributed by atoms with Gasteiger partial charge in [-0.2, -0.15) is 0 Å². The van der Waals surface area contributed by atoms with Crippen molar-refractivity contribution in [2.45, 2.75) is 18.6 Å². The van der Waals surface area contributed by atoms with Crippen molar-refractivity contribution in [1.82, 2.24) is 14.8 Å². The van der Waals surface area contributed by atoms with E-state index in [2.05, 4.69) is 10.2 Å². The lowest BCUT2D eigenvalue weighted by Gasteiger charge is -2.08. The van der Waals surface area contributed by atoms with E-state index in [1.165, 1.54) is 11.8 Å². The number of aromatic nitrogens is 3. The van der Waals surface area contributed by atoms with Crippen molar-refractivity contribution < 1.29 is 9.53 Å². The molecule has 0 N–H and O–H groups in total. The molecule has 0 atom stereocenters. The summed E-state index contributed by atoms with van der Waals surface area (Å²) >= 11 is 1.41. The number of methoxy groups -OCH3 is 1. The van der Waals surface area contributed by atoms with Gasteiger partial charge in [0.1, 0.15) is 5.75 Å². The molecule has 0 saturated heterocycles. The Morgan fingerprint density at radius 1 is 1.00 bits per heavy atom. The number of rotatable bonds is 7. The van der Waals surface area contributed by atoms with E-state index in [-0.39, 0.29) is 5.78 Å². The maximum absolute atomic E-state index is 12.7. The number of Topliss-reactive ketones (excluding diaryl/α,β-unsaturated/α-hetero) is 1. The van der Waals surface area contributed by atoms with Crippen LogP contribution in [0.3, 0.4) is 0 Å². The monoisotopic (exact) mass is 403 g/mol. The van der Waals surface area contributed by atoms with Crippen LogP contribution in [0, 0.1) is 0 Å². The van der Waals surface area contributed by atoms with Crippen molar-refractivity contribution in [3.63, 3.8) is 0 Å². The summed E-state index contributed by atoms with van der Waals surface area (Å²) in [6.07, 6.45) is 0. The molecule has 1 aromatic heterocycles. The quantitative estimate of drug-likeness (QED) is 0.317. The smallest absolute Gasteiger partial charge is 0.191 e. The summed E-state index contributed by atoms with van der Waals surface area (Å²) in [6.45, 7) is 2.76. The SMILES string of the molecule is CCn1c(SCC(=O)c2ccc3ccccc3c2)nnc1-c1cccc(OC)c1. The summed E-state index contributed by atoms with van der Waals surface area (Å²) < 4.78 is 7.33. The average Bonchev–Trinajstić information content (AvgIpc) is 3.20. The molecule has 146 valence electrons. The molecule has 29 heavy (non-hydrogen) atoms. The number of ketones is 1. The van der Waals surface area contributed by atoms with Crippen molar-refractivity contribution in [3.05, 3.63) is 72.3 Å². The van der Waals surface area contributed by atoms with Crippen LogP contribution in [0.15, 0.2) is 71.9 Å². The molecule has 4 aromatic rings. The van der Waals surface area contributed by atoms with Crippen molar-refractivity contribution >= 4 is 28.3 Å². The molecule has 4 rings (SSSR count). The minimum Gasteiger partial charge on any atom is -0.497 e. The molecule has 0 fully saturated rings. The Labute approximate surface area is 173 Å². The van der Waals surface area contributed by atoms with Gasteiger partial charge >= 0.3 is 0 Å². The van der Waals surface area contributed by atoms with Crippen molar-refractivity contribution in [1.29, 1.82) is 0 Å². The third kappa shape index (κ3) is 4.03. The van der Waals surface area contributed by atoms with Crippen LogP contribution < -0.4 is 4.74 Å². The second kappa shape index (κ2) is 8.49. The van der Waals surface area contributed by atoms with E-state index >= 15 is 0 Å². The lowest BCUT2D eigenvalue weighted by molar-refractivity contribution is 0.102. The van der Waals surface area contributed by atoms with Crippen molar-refractivity contribution in [3.8, 4) is 17.1 Å². The summed E-state index contributed by atoms with van der Waals surface area (Å²) in [7, 11) is 1.64. The number of hydrogen-bond donors (Lipinski definition) is 0. The lowest BCUT2D eigenvalue weighted by Crippen LogP contribution is -2.05. The molecule has 3 aromatic carbocycles. The van der Waals surface area contributed by atoms with E-state index in [0.29, 0.717) is 17.9 Å². The highest BCUT2D eigenvalue weighted by atomic mass is 32.2. The Balaban J connectivity index is 1.53. The Bertz CT molecular complexity index is 1170. The maximum atomic E-state index is 12.7. The minimum absolute atomic E-state index is 0.0781. The van der Waals surface area contributed by atoms with Crippen LogP contribution in [-0.2, 0) is 6.54 Å². The van der Waals surface area contributed by atoms with Crippen molar-refractivity contribution in [2.24, 2.45) is 0 Å². The largest absolute Gasteiger partial charge is 0.497 e. The molecule has 0 radical (unpaired) electrons. The number of ether oxygens (including phenoxy) is 1. The fourth-order valence-corrected chi connectivity index (χ4v) is 4.13. The second-order valence-electron chi connectivity index (χ2n) is 6.56. The van der Waals surface area contributed by atoms with Gasteiger partial charge in [0.2, 0.25) is 0 Å². The maximum Gasteiger partial charge on any atom is 0.191 e. The Morgan fingerprint density at radius 3 is 2.62 bits per heavy atom. The van der Waals surface area contributed by atoms with E-state index in [9.17, 15) is 4.79 Å². The number of carbonyl (C=O) groups is 1. The summed E-state index contributed by atoms with van der Waals surface area (Å²) in [5, 5.41) is 11.6. The number of carbonyl (C=O) groups excluding carboxylic acids is 1. The number of hydrogen-bond acceptors (Lipinski definition) is 5. The van der Waals surface area contributed by atoms with Crippen LogP contribution in [0.1, 0.15) is 17.3 Å². The zero-order chi connectivity index (χ0) is 20.2. The zero-order valence-corrected chi connectivity index (χ0v) is 17.1. The van der Waals surface area contributed by atoms with Gasteiger partial charge in [-0.3, -0.25) is 4.79 Å². The van der Waals surface area contributed by atoms with Crippen LogP contribution in [0.25, 0.3) is 22.2 Å². The molecular weight excluding hydrogens is 382 g/mol. The fraction of sp³-hybridized carbons (Fsp3) is 0.174. The number of nitrogens with zero attached hydrogens (tertiary/aromatic N) is 3. The van der Waals surface area contributed by atoms with Gasteiger partial charge in [-0.05, 0) is 35.9 Å². The first kappa shape index (κ1) is 19.2. The molecule has 0 unspecified atom stereocenters. The fourth-order valence-electron chi connectivity index (χ4n) is 3.23. The van der Waals surface area contributed by atoms with Crippen LogP contribution >= 0.6 is 11.8 Å². The van der Waals surface area contributed by atoms with Gasteiger partial charge in [-0.25, -0.2) is 0 Å². The molecule has 0 spiro atoms. The highest BCUT2D eigenvalue weighted by Crippen LogP contribution is 2.27. The standard InChI is InChI=1S/C23H21N3O2S/c1-3-26-22(19-9-6-10-20(14-19)28-2)24-25-23(26)29-15-21(27)18-12-11-16-7-4-5-8-17(16)13-18/h4-14H,3,15H2,1-2H3. The average molecular weight is 404 g/mol. The van der Waals surface area contributed by atoms with Gasteiger partial charge in [0.15, 0.2) is 16.8 Å². The highest BCUT2D eigenvalue weighted by molar-refractivity contribution is 7.99. The lowest BCUT2D eigenvalue weighted by atomic mass is 10.1. The molecule has 0 amide bonds. The number of benzene rings is 3. The number of fused-ring (bicyclic) bond motifs is 1. The van der Waals surface area contributed by atoms with E-state index in [1.54, 1.807) is 7.11 Å². The summed E-state index contributed by atoms with van der Waals surface area (Å²) in [5.74, 6) is 1.93. The van der Waals surface area contributed by atoms with E-state index in [0.717, 1.165) is 33.1 Å². The van der Waals surface area contributed by atoms with Gasteiger partial charge in [-0.15, -0.1) is 10.2 Å². The second-order valence-corrected chi connectivity index (χ2v) is 7.50. The first-order chi connectivity index (χ1) is 14.2. The van der Waals surface area contributed by atoms with E-state index < -0.39 is 0 Å². The van der Waals surface area contributed by atoms with Crippen LogP contribution in [0.4, 0.5) is 0 Å². The number of thioether (sulfide) groups is 1. The molecule has 0 saturated carbocycles. The van der Waals surface area contributed by atoms with Crippen LogP contribution in [0.2, 0.25) is 0 Å². The third-order valence-corrected chi connectivity index (χ3v) is 5.73. The van der Waals surface area contributed by atoms with Gasteiger partial charge in [0.25, 0.3) is 0 Å². The van der Waals surface area contributed by atoms with Gasteiger partial charge in [0.05, 0.1) is 12.9 Å². The Kier molecular flexibility index (Phi) is 5.62. The molecule has 0 aliphatic rings. The topological polar surface area (TPSA) is 57.0 Å². The van der Waals surface area contributed by atoms with Crippen LogP contribution in [-0.4, -0.2) is 33.4 Å². The van der Waals surface area contributed by atoms with Crippen molar-refractivity contribution in [2.75, 3.05) is 12.9 Å². The third-order valence-electron chi connectivity index (χ3n) is 4.76. The predicted octanol–water partition coefficient (Wildman–Crippen LogP) is 5.10. The predicted molar refractivity (Wildman–Crippen MR) is 117 cm³/mol. The molecule has 5 nitrogen and oxygen atoms in total. The molecule has 0 aliphatic heterocycles. The zero-order valence-electron chi connectivity index (χ0n) is 16.3. The van der Waals surface area contributed by atoms with Gasteiger partial charge < -0.3 is 9.30 Å². The molecule has 0 aliphatic carbocycles. The highest BCUT2D eigenvalue weighted by Gasteiger charge is 2.16.